The highest BCUT2D eigenvalue weighted by Gasteiger charge is 2.10. The van der Waals surface area contributed by atoms with Crippen LogP contribution in [0.4, 0.5) is 0 Å². The number of ether oxygens (including phenoxy) is 1. The van der Waals surface area contributed by atoms with Gasteiger partial charge in [-0.15, -0.1) is 0 Å². The molecule has 0 aliphatic rings. The molecule has 0 bridgehead atoms. The molecule has 0 spiro atoms. The Hall–Kier alpha value is -2.14. The second-order valence-electron chi connectivity index (χ2n) is 4.20. The topological polar surface area (TPSA) is 71.2 Å². The smallest absolute Gasteiger partial charge is 0.261 e. The Morgan fingerprint density at radius 2 is 2.16 bits per heavy atom. The summed E-state index contributed by atoms with van der Waals surface area (Å²) < 4.78 is 4.89. The van der Waals surface area contributed by atoms with Crippen LogP contribution in [0.1, 0.15) is 16.8 Å². The van der Waals surface area contributed by atoms with Crippen LogP contribution in [-0.2, 0) is 4.74 Å². The van der Waals surface area contributed by atoms with Crippen LogP contribution < -0.4 is 10.9 Å². The Kier molecular flexibility index (Phi) is 4.30. The number of aromatic nitrogens is 1. The molecule has 1 heterocycles. The summed E-state index contributed by atoms with van der Waals surface area (Å²) in [6.45, 7) is 1.06. The molecular weight excluding hydrogens is 244 g/mol. The molecule has 2 N–H and O–H groups in total. The Labute approximate surface area is 110 Å². The first-order valence-corrected chi connectivity index (χ1v) is 6.11. The fourth-order valence-corrected chi connectivity index (χ4v) is 1.83. The summed E-state index contributed by atoms with van der Waals surface area (Å²) >= 11 is 0. The van der Waals surface area contributed by atoms with Gasteiger partial charge in [-0.25, -0.2) is 0 Å². The number of hydrogen-bond acceptors (Lipinski definition) is 3. The lowest BCUT2D eigenvalue weighted by Gasteiger charge is -2.05. The minimum absolute atomic E-state index is 0.135. The molecule has 0 unspecified atom stereocenters. The molecule has 1 aromatic carbocycles. The number of H-pyrrole nitrogens is 1. The standard InChI is InChI=1S/C14H16N2O3/c1-19-8-4-7-15-13(17)11-9-10-5-2-3-6-12(10)16-14(11)18/h2-3,5-6,9H,4,7-8H2,1H3,(H,15,17)(H,16,18). The van der Waals surface area contributed by atoms with Gasteiger partial charge in [0.15, 0.2) is 0 Å². The van der Waals surface area contributed by atoms with Gasteiger partial charge in [-0.3, -0.25) is 9.59 Å². The average molecular weight is 260 g/mol. The van der Waals surface area contributed by atoms with Crippen molar-refractivity contribution in [3.05, 3.63) is 46.2 Å². The number of benzene rings is 1. The molecule has 0 aliphatic heterocycles. The number of aromatic amines is 1. The number of nitrogens with one attached hydrogen (secondary N) is 2. The lowest BCUT2D eigenvalue weighted by molar-refractivity contribution is 0.0947. The molecule has 0 atom stereocenters. The van der Waals surface area contributed by atoms with E-state index in [1.54, 1.807) is 19.2 Å². The summed E-state index contributed by atoms with van der Waals surface area (Å²) in [5, 5.41) is 3.54. The Balaban J connectivity index is 2.17. The number of carbonyl (C=O) groups excluding carboxylic acids is 1. The highest BCUT2D eigenvalue weighted by Crippen LogP contribution is 2.09. The van der Waals surface area contributed by atoms with Gasteiger partial charge in [0.2, 0.25) is 0 Å². The quantitative estimate of drug-likeness (QED) is 0.796. The summed E-state index contributed by atoms with van der Waals surface area (Å²) in [6, 6.07) is 8.97. The summed E-state index contributed by atoms with van der Waals surface area (Å²) in [6.07, 6.45) is 0.716. The predicted octanol–water partition coefficient (Wildman–Crippen LogP) is 1.29. The van der Waals surface area contributed by atoms with E-state index in [9.17, 15) is 9.59 Å². The van der Waals surface area contributed by atoms with E-state index in [4.69, 9.17) is 4.74 Å². The second kappa shape index (κ2) is 6.15. The van der Waals surface area contributed by atoms with Crippen molar-refractivity contribution in [2.45, 2.75) is 6.42 Å². The van der Waals surface area contributed by atoms with Gasteiger partial charge in [0.25, 0.3) is 11.5 Å². The molecule has 0 radical (unpaired) electrons. The van der Waals surface area contributed by atoms with Crippen LogP contribution in [0.2, 0.25) is 0 Å². The van der Waals surface area contributed by atoms with Crippen molar-refractivity contribution in [2.75, 3.05) is 20.3 Å². The van der Waals surface area contributed by atoms with Crippen LogP contribution in [0.3, 0.4) is 0 Å². The first kappa shape index (κ1) is 13.3. The van der Waals surface area contributed by atoms with Gasteiger partial charge in [-0.1, -0.05) is 18.2 Å². The van der Waals surface area contributed by atoms with E-state index in [0.717, 1.165) is 10.9 Å². The number of fused-ring (bicyclic) bond motifs is 1. The van der Waals surface area contributed by atoms with Crippen molar-refractivity contribution in [3.8, 4) is 0 Å². The third-order valence-electron chi connectivity index (χ3n) is 2.81. The fourth-order valence-electron chi connectivity index (χ4n) is 1.83. The van der Waals surface area contributed by atoms with E-state index in [2.05, 4.69) is 10.3 Å². The number of methoxy groups -OCH3 is 1. The van der Waals surface area contributed by atoms with Crippen LogP contribution in [0.15, 0.2) is 35.1 Å². The molecule has 0 aliphatic carbocycles. The molecule has 0 saturated carbocycles. The predicted molar refractivity (Wildman–Crippen MR) is 73.4 cm³/mol. The van der Waals surface area contributed by atoms with E-state index in [1.807, 2.05) is 18.2 Å². The molecule has 19 heavy (non-hydrogen) atoms. The first-order valence-electron chi connectivity index (χ1n) is 6.11. The lowest BCUT2D eigenvalue weighted by atomic mass is 10.1. The molecule has 1 amide bonds. The molecule has 2 aromatic rings. The number of rotatable bonds is 5. The highest BCUT2D eigenvalue weighted by atomic mass is 16.5. The number of carbonyl (C=O) groups is 1. The van der Waals surface area contributed by atoms with Gasteiger partial charge in [0.1, 0.15) is 5.56 Å². The molecule has 0 saturated heterocycles. The monoisotopic (exact) mass is 260 g/mol. The van der Waals surface area contributed by atoms with E-state index >= 15 is 0 Å². The first-order chi connectivity index (χ1) is 9.22. The fraction of sp³-hybridized carbons (Fsp3) is 0.286. The average Bonchev–Trinajstić information content (AvgIpc) is 2.42. The maximum absolute atomic E-state index is 11.9. The van der Waals surface area contributed by atoms with Crippen LogP contribution in [0.25, 0.3) is 10.9 Å². The second-order valence-corrected chi connectivity index (χ2v) is 4.20. The molecule has 5 heteroatoms. The van der Waals surface area contributed by atoms with Gasteiger partial charge >= 0.3 is 0 Å². The molecular formula is C14H16N2O3. The number of amides is 1. The summed E-state index contributed by atoms with van der Waals surface area (Å²) in [5.74, 6) is -0.358. The Bertz CT molecular complexity index is 634. The van der Waals surface area contributed by atoms with Crippen molar-refractivity contribution in [1.29, 1.82) is 0 Å². The van der Waals surface area contributed by atoms with Crippen LogP contribution in [-0.4, -0.2) is 31.2 Å². The third-order valence-corrected chi connectivity index (χ3v) is 2.81. The van der Waals surface area contributed by atoms with E-state index in [-0.39, 0.29) is 17.0 Å². The van der Waals surface area contributed by atoms with Crippen molar-refractivity contribution in [2.24, 2.45) is 0 Å². The SMILES string of the molecule is COCCCNC(=O)c1cc2ccccc2[nH]c1=O. The van der Waals surface area contributed by atoms with Gasteiger partial charge in [0.05, 0.1) is 0 Å². The Morgan fingerprint density at radius 3 is 2.95 bits per heavy atom. The zero-order valence-corrected chi connectivity index (χ0v) is 10.7. The number of pyridine rings is 1. The van der Waals surface area contributed by atoms with Gasteiger partial charge in [-0.05, 0) is 23.9 Å². The highest BCUT2D eigenvalue weighted by molar-refractivity contribution is 5.97. The maximum Gasteiger partial charge on any atom is 0.261 e. The van der Waals surface area contributed by atoms with E-state index in [1.165, 1.54) is 0 Å². The molecule has 5 nitrogen and oxygen atoms in total. The minimum atomic E-state index is -0.372. The number of hydrogen-bond donors (Lipinski definition) is 2. The normalized spacial score (nSPS) is 10.6. The molecule has 1 aromatic heterocycles. The van der Waals surface area contributed by atoms with E-state index in [0.29, 0.717) is 19.6 Å². The Morgan fingerprint density at radius 1 is 1.37 bits per heavy atom. The minimum Gasteiger partial charge on any atom is -0.385 e. The van der Waals surface area contributed by atoms with Crippen molar-refractivity contribution < 1.29 is 9.53 Å². The largest absolute Gasteiger partial charge is 0.385 e. The van der Waals surface area contributed by atoms with Gasteiger partial charge in [-0.2, -0.15) is 0 Å². The molecule has 2 rings (SSSR count). The summed E-state index contributed by atoms with van der Waals surface area (Å²) in [7, 11) is 1.61. The third kappa shape index (κ3) is 3.20. The van der Waals surface area contributed by atoms with Gasteiger partial charge < -0.3 is 15.0 Å². The van der Waals surface area contributed by atoms with Crippen LogP contribution >= 0.6 is 0 Å². The van der Waals surface area contributed by atoms with Crippen LogP contribution in [0, 0.1) is 0 Å². The number of para-hydroxylation sites is 1. The van der Waals surface area contributed by atoms with Gasteiger partial charge in [0, 0.05) is 25.8 Å². The molecule has 0 fully saturated rings. The molecule has 100 valence electrons. The zero-order valence-electron chi connectivity index (χ0n) is 10.7. The zero-order chi connectivity index (χ0) is 13.7. The summed E-state index contributed by atoms with van der Waals surface area (Å²) in [4.78, 5) is 26.4. The van der Waals surface area contributed by atoms with Crippen molar-refractivity contribution >= 4 is 16.8 Å². The van der Waals surface area contributed by atoms with Crippen molar-refractivity contribution in [1.82, 2.24) is 10.3 Å². The lowest BCUT2D eigenvalue weighted by Crippen LogP contribution is -2.30. The van der Waals surface area contributed by atoms with Crippen molar-refractivity contribution in [3.63, 3.8) is 0 Å². The van der Waals surface area contributed by atoms with E-state index < -0.39 is 0 Å². The van der Waals surface area contributed by atoms with Crippen LogP contribution in [0.5, 0.6) is 0 Å². The summed E-state index contributed by atoms with van der Waals surface area (Å²) in [5.41, 5.74) is 0.488. The maximum atomic E-state index is 11.9.